The van der Waals surface area contributed by atoms with Gasteiger partial charge in [-0.1, -0.05) is 44.7 Å². The number of benzene rings is 1. The third-order valence-electron chi connectivity index (χ3n) is 8.88. The molecule has 3 nitrogen and oxygen atoms in total. The lowest BCUT2D eigenvalue weighted by Gasteiger charge is -2.55. The summed E-state index contributed by atoms with van der Waals surface area (Å²) in [7, 11) is 0. The van der Waals surface area contributed by atoms with E-state index in [1.54, 1.807) is 6.42 Å². The van der Waals surface area contributed by atoms with Crippen LogP contribution in [0.5, 0.6) is 0 Å². The van der Waals surface area contributed by atoms with Crippen LogP contribution in [0.4, 0.5) is 0 Å². The number of piperidine rings is 2. The second-order valence-corrected chi connectivity index (χ2v) is 10.6. The molecule has 4 fully saturated rings. The highest BCUT2D eigenvalue weighted by atomic mass is 15.3. The molecular formula is C26H37N3. The van der Waals surface area contributed by atoms with Crippen molar-refractivity contribution in [2.75, 3.05) is 0 Å². The van der Waals surface area contributed by atoms with Crippen LogP contribution in [-0.4, -0.2) is 32.6 Å². The Morgan fingerprint density at radius 3 is 2.21 bits per heavy atom. The van der Waals surface area contributed by atoms with Crippen molar-refractivity contribution in [1.29, 1.82) is 0 Å². The van der Waals surface area contributed by atoms with Gasteiger partial charge in [-0.3, -0.25) is 4.90 Å². The van der Waals surface area contributed by atoms with Crippen LogP contribution in [0.2, 0.25) is 0 Å². The Labute approximate surface area is 175 Å². The molecule has 4 aliphatic rings. The molecule has 3 heteroatoms. The van der Waals surface area contributed by atoms with Crippen LogP contribution in [0.15, 0.2) is 24.3 Å². The largest absolute Gasteiger partial charge is 0.325 e. The van der Waals surface area contributed by atoms with Crippen molar-refractivity contribution in [1.82, 2.24) is 14.5 Å². The minimum Gasteiger partial charge on any atom is -0.325 e. The van der Waals surface area contributed by atoms with E-state index in [0.29, 0.717) is 6.04 Å². The first kappa shape index (κ1) is 18.4. The Bertz CT molecular complexity index is 844. The fourth-order valence-corrected chi connectivity index (χ4v) is 7.89. The summed E-state index contributed by atoms with van der Waals surface area (Å²) in [4.78, 5) is 8.08. The third kappa shape index (κ3) is 3.15. The van der Waals surface area contributed by atoms with E-state index < -0.39 is 0 Å². The summed E-state index contributed by atoms with van der Waals surface area (Å²) in [6.45, 7) is 2.27. The molecule has 1 aromatic carbocycles. The summed E-state index contributed by atoms with van der Waals surface area (Å²) in [5.74, 6) is 3.38. The number of aromatic nitrogens is 2. The predicted molar refractivity (Wildman–Crippen MR) is 119 cm³/mol. The zero-order valence-electron chi connectivity index (χ0n) is 18.1. The Balaban J connectivity index is 1.29. The van der Waals surface area contributed by atoms with E-state index in [-0.39, 0.29) is 0 Å². The fraction of sp³-hybridized carbons (Fsp3) is 0.731. The SMILES string of the molecule is CCc1nc2ccccc2n1[C@H]1C[C@H]2CCC[C@@H](C1)N2[C@H]1C[C@@H]2CCC[C@@H](C2)C1. The number of hydrogen-bond donors (Lipinski definition) is 0. The molecule has 0 radical (unpaired) electrons. The van der Waals surface area contributed by atoms with Gasteiger partial charge in [0.25, 0.3) is 0 Å². The van der Waals surface area contributed by atoms with Gasteiger partial charge in [0.1, 0.15) is 5.82 Å². The maximum absolute atomic E-state index is 5.00. The molecule has 2 aromatic rings. The molecule has 0 amide bonds. The first-order chi connectivity index (χ1) is 14.3. The van der Waals surface area contributed by atoms with E-state index in [0.717, 1.165) is 36.4 Å². The number of imidazole rings is 1. The van der Waals surface area contributed by atoms with Crippen molar-refractivity contribution in [3.63, 3.8) is 0 Å². The van der Waals surface area contributed by atoms with Crippen LogP contribution < -0.4 is 0 Å². The normalized spacial score (nSPS) is 37.7. The molecule has 1 aromatic heterocycles. The summed E-state index contributed by atoms with van der Waals surface area (Å²) >= 11 is 0. The van der Waals surface area contributed by atoms with Crippen LogP contribution in [0.3, 0.4) is 0 Å². The van der Waals surface area contributed by atoms with Gasteiger partial charge in [0.05, 0.1) is 11.0 Å². The lowest BCUT2D eigenvalue weighted by Crippen LogP contribution is -2.58. The first-order valence-corrected chi connectivity index (χ1v) is 12.5. The van der Waals surface area contributed by atoms with Crippen molar-refractivity contribution < 1.29 is 0 Å². The maximum Gasteiger partial charge on any atom is 0.109 e. The molecule has 4 bridgehead atoms. The zero-order chi connectivity index (χ0) is 19.4. The summed E-state index contributed by atoms with van der Waals surface area (Å²) < 4.78 is 2.65. The molecule has 2 aliphatic carbocycles. The minimum atomic E-state index is 0.645. The van der Waals surface area contributed by atoms with E-state index >= 15 is 0 Å². The molecule has 6 atom stereocenters. The minimum absolute atomic E-state index is 0.645. The van der Waals surface area contributed by atoms with Gasteiger partial charge in [-0.15, -0.1) is 0 Å². The molecule has 2 saturated carbocycles. The number of aryl methyl sites for hydroxylation is 1. The summed E-state index contributed by atoms with van der Waals surface area (Å²) in [5.41, 5.74) is 2.56. The first-order valence-electron chi connectivity index (χ1n) is 12.5. The number of rotatable bonds is 3. The van der Waals surface area contributed by atoms with Crippen molar-refractivity contribution in [2.45, 2.75) is 108 Å². The topological polar surface area (TPSA) is 21.1 Å². The highest BCUT2D eigenvalue weighted by molar-refractivity contribution is 5.76. The number of hydrogen-bond acceptors (Lipinski definition) is 2. The standard InChI is InChI=1S/C26H37N3/c1-2-26-27-24-11-3-4-12-25(24)29(26)23-16-20-9-6-10-21(17-23)28(20)22-14-18-7-5-8-19(13-18)15-22/h3-4,11-12,18-23H,2,5-10,13-17H2,1H3/t18-,19+,20-,21+,22+,23+. The second kappa shape index (κ2) is 7.41. The highest BCUT2D eigenvalue weighted by Gasteiger charge is 2.45. The van der Waals surface area contributed by atoms with Gasteiger partial charge in [0.2, 0.25) is 0 Å². The average molecular weight is 392 g/mol. The summed E-state index contributed by atoms with van der Waals surface area (Å²) in [5, 5.41) is 0. The molecule has 0 unspecified atom stereocenters. The number of para-hydroxylation sites is 2. The van der Waals surface area contributed by atoms with E-state index in [2.05, 4.69) is 40.7 Å². The van der Waals surface area contributed by atoms with E-state index in [4.69, 9.17) is 4.98 Å². The monoisotopic (exact) mass is 391 g/mol. The summed E-state index contributed by atoms with van der Waals surface area (Å²) in [6.07, 6.45) is 17.1. The van der Waals surface area contributed by atoms with Crippen LogP contribution in [0, 0.1) is 11.8 Å². The van der Waals surface area contributed by atoms with Crippen LogP contribution >= 0.6 is 0 Å². The molecule has 2 aliphatic heterocycles. The van der Waals surface area contributed by atoms with Crippen molar-refractivity contribution in [3.05, 3.63) is 30.1 Å². The van der Waals surface area contributed by atoms with Gasteiger partial charge < -0.3 is 4.57 Å². The van der Waals surface area contributed by atoms with Crippen LogP contribution in [-0.2, 0) is 6.42 Å². The van der Waals surface area contributed by atoms with Crippen molar-refractivity contribution in [2.24, 2.45) is 11.8 Å². The molecule has 2 saturated heterocycles. The van der Waals surface area contributed by atoms with E-state index in [1.165, 1.54) is 81.1 Å². The number of nitrogens with zero attached hydrogens (tertiary/aromatic N) is 3. The van der Waals surface area contributed by atoms with E-state index in [9.17, 15) is 0 Å². The van der Waals surface area contributed by atoms with E-state index in [1.807, 2.05) is 0 Å². The van der Waals surface area contributed by atoms with Gasteiger partial charge in [-0.25, -0.2) is 4.98 Å². The lowest BCUT2D eigenvalue weighted by atomic mass is 9.68. The smallest absolute Gasteiger partial charge is 0.109 e. The second-order valence-electron chi connectivity index (χ2n) is 10.6. The van der Waals surface area contributed by atoms with Gasteiger partial charge >= 0.3 is 0 Å². The molecule has 0 spiro atoms. The van der Waals surface area contributed by atoms with Crippen molar-refractivity contribution >= 4 is 11.0 Å². The molecule has 29 heavy (non-hydrogen) atoms. The Morgan fingerprint density at radius 1 is 0.793 bits per heavy atom. The van der Waals surface area contributed by atoms with Crippen LogP contribution in [0.1, 0.15) is 89.4 Å². The molecule has 3 heterocycles. The van der Waals surface area contributed by atoms with Gasteiger partial charge in [-0.2, -0.15) is 0 Å². The fourth-order valence-electron chi connectivity index (χ4n) is 7.89. The molecular weight excluding hydrogens is 354 g/mol. The predicted octanol–water partition coefficient (Wildman–Crippen LogP) is 6.13. The maximum atomic E-state index is 5.00. The Morgan fingerprint density at radius 2 is 1.48 bits per heavy atom. The van der Waals surface area contributed by atoms with Gasteiger partial charge in [0, 0.05) is 30.6 Å². The quantitative estimate of drug-likeness (QED) is 0.628. The Kier molecular flexibility index (Phi) is 4.71. The molecule has 6 rings (SSSR count). The highest BCUT2D eigenvalue weighted by Crippen LogP contribution is 2.47. The average Bonchev–Trinajstić information content (AvgIpc) is 3.11. The summed E-state index contributed by atoms with van der Waals surface area (Å²) in [6, 6.07) is 12.0. The van der Waals surface area contributed by atoms with Gasteiger partial charge in [0.15, 0.2) is 0 Å². The number of fused-ring (bicyclic) bond motifs is 5. The zero-order valence-corrected chi connectivity index (χ0v) is 18.1. The molecule has 0 N–H and O–H groups in total. The molecule has 156 valence electrons. The van der Waals surface area contributed by atoms with Crippen molar-refractivity contribution in [3.8, 4) is 0 Å². The Hall–Kier alpha value is -1.35. The van der Waals surface area contributed by atoms with Gasteiger partial charge in [-0.05, 0) is 68.9 Å². The third-order valence-corrected chi connectivity index (χ3v) is 8.88. The van der Waals surface area contributed by atoms with Crippen LogP contribution in [0.25, 0.3) is 11.0 Å². The lowest BCUT2D eigenvalue weighted by molar-refractivity contribution is -0.0485.